The van der Waals surface area contributed by atoms with Crippen molar-refractivity contribution in [1.29, 1.82) is 0 Å². The van der Waals surface area contributed by atoms with Crippen molar-refractivity contribution in [3.05, 3.63) is 11.8 Å². The topological polar surface area (TPSA) is 70.2 Å². The Kier molecular flexibility index (Phi) is 3.41. The van der Waals surface area contributed by atoms with Crippen LogP contribution in [0.1, 0.15) is 12.6 Å². The van der Waals surface area contributed by atoms with Crippen LogP contribution >= 0.6 is 0 Å². The molecule has 2 N–H and O–H groups in total. The zero-order valence-corrected chi connectivity index (χ0v) is 10.2. The van der Waals surface area contributed by atoms with E-state index < -0.39 is 0 Å². The van der Waals surface area contributed by atoms with E-state index in [-0.39, 0.29) is 5.91 Å². The summed E-state index contributed by atoms with van der Waals surface area (Å²) in [5, 5.41) is 5.89. The minimum absolute atomic E-state index is 0.0394. The molecule has 0 aliphatic carbocycles. The largest absolute Gasteiger partial charge is 0.354 e. The number of anilines is 2. The minimum atomic E-state index is 0.0394. The maximum absolute atomic E-state index is 11.3. The first kappa shape index (κ1) is 11.6. The van der Waals surface area contributed by atoms with Crippen LogP contribution in [0.3, 0.4) is 0 Å². The lowest BCUT2D eigenvalue weighted by Crippen LogP contribution is -2.48. The summed E-state index contributed by atoms with van der Waals surface area (Å²) in [6.07, 6.45) is 0. The van der Waals surface area contributed by atoms with Crippen molar-refractivity contribution in [2.45, 2.75) is 13.8 Å². The Labute approximate surface area is 100 Å². The Balaban J connectivity index is 2.21. The third-order valence-electron chi connectivity index (χ3n) is 2.54. The van der Waals surface area contributed by atoms with E-state index in [1.807, 2.05) is 24.8 Å². The molecule has 17 heavy (non-hydrogen) atoms. The highest BCUT2D eigenvalue weighted by Crippen LogP contribution is 2.15. The standard InChI is InChI=1S/C11H17N5O/c1-3-12-11-14-8(2)6-9(15-11)16-5-4-13-10(17)7-16/h6H,3-5,7H2,1-2H3,(H,13,17)(H,12,14,15). The second-order valence-corrected chi connectivity index (χ2v) is 3.99. The highest BCUT2D eigenvalue weighted by molar-refractivity contribution is 5.82. The van der Waals surface area contributed by atoms with E-state index in [1.165, 1.54) is 0 Å². The number of nitrogens with zero attached hydrogens (tertiary/aromatic N) is 3. The van der Waals surface area contributed by atoms with E-state index >= 15 is 0 Å². The lowest BCUT2D eigenvalue weighted by molar-refractivity contribution is -0.120. The summed E-state index contributed by atoms with van der Waals surface area (Å²) >= 11 is 0. The fourth-order valence-electron chi connectivity index (χ4n) is 1.79. The first-order valence-corrected chi connectivity index (χ1v) is 5.80. The van der Waals surface area contributed by atoms with Gasteiger partial charge in [-0.15, -0.1) is 0 Å². The minimum Gasteiger partial charge on any atom is -0.354 e. The molecule has 1 amide bonds. The molecule has 0 spiro atoms. The molecule has 0 unspecified atom stereocenters. The second-order valence-electron chi connectivity index (χ2n) is 3.99. The molecule has 0 aromatic carbocycles. The Morgan fingerprint density at radius 3 is 3.06 bits per heavy atom. The zero-order valence-electron chi connectivity index (χ0n) is 10.2. The molecular weight excluding hydrogens is 218 g/mol. The van der Waals surface area contributed by atoms with E-state index in [0.29, 0.717) is 19.0 Å². The highest BCUT2D eigenvalue weighted by atomic mass is 16.2. The van der Waals surface area contributed by atoms with Gasteiger partial charge in [0, 0.05) is 31.4 Å². The molecule has 0 saturated carbocycles. The number of amides is 1. The van der Waals surface area contributed by atoms with Crippen LogP contribution in [-0.2, 0) is 4.79 Å². The smallest absolute Gasteiger partial charge is 0.239 e. The van der Waals surface area contributed by atoms with E-state index in [0.717, 1.165) is 24.6 Å². The molecule has 2 heterocycles. The molecule has 1 aliphatic rings. The van der Waals surface area contributed by atoms with Crippen molar-refractivity contribution in [2.75, 3.05) is 36.4 Å². The third kappa shape index (κ3) is 2.83. The molecule has 6 nitrogen and oxygen atoms in total. The molecular formula is C11H17N5O. The van der Waals surface area contributed by atoms with Gasteiger partial charge >= 0.3 is 0 Å². The van der Waals surface area contributed by atoms with Crippen LogP contribution in [0.2, 0.25) is 0 Å². The number of hydrogen-bond donors (Lipinski definition) is 2. The van der Waals surface area contributed by atoms with Gasteiger partial charge < -0.3 is 15.5 Å². The predicted octanol–water partition coefficient (Wildman–Crippen LogP) is 0.153. The van der Waals surface area contributed by atoms with Crippen LogP contribution in [0.15, 0.2) is 6.07 Å². The van der Waals surface area contributed by atoms with Gasteiger partial charge in [-0.25, -0.2) is 4.98 Å². The first-order valence-electron chi connectivity index (χ1n) is 5.80. The van der Waals surface area contributed by atoms with Crippen molar-refractivity contribution in [3.63, 3.8) is 0 Å². The zero-order chi connectivity index (χ0) is 12.3. The lowest BCUT2D eigenvalue weighted by atomic mass is 10.3. The number of aromatic nitrogens is 2. The van der Waals surface area contributed by atoms with Crippen molar-refractivity contribution in [2.24, 2.45) is 0 Å². The molecule has 0 atom stereocenters. The monoisotopic (exact) mass is 235 g/mol. The highest BCUT2D eigenvalue weighted by Gasteiger charge is 2.18. The lowest BCUT2D eigenvalue weighted by Gasteiger charge is -2.27. The predicted molar refractivity (Wildman–Crippen MR) is 66.2 cm³/mol. The summed E-state index contributed by atoms with van der Waals surface area (Å²) in [7, 11) is 0. The van der Waals surface area contributed by atoms with E-state index in [9.17, 15) is 4.79 Å². The average Bonchev–Trinajstić information content (AvgIpc) is 2.28. The number of nitrogens with one attached hydrogen (secondary N) is 2. The van der Waals surface area contributed by atoms with Crippen LogP contribution in [0.4, 0.5) is 11.8 Å². The van der Waals surface area contributed by atoms with Crippen LogP contribution in [0.25, 0.3) is 0 Å². The molecule has 0 radical (unpaired) electrons. The van der Waals surface area contributed by atoms with E-state index in [1.54, 1.807) is 0 Å². The number of aryl methyl sites for hydroxylation is 1. The number of carbonyl (C=O) groups excluding carboxylic acids is 1. The SMILES string of the molecule is CCNc1nc(C)cc(N2CCNC(=O)C2)n1. The summed E-state index contributed by atoms with van der Waals surface area (Å²) in [5.41, 5.74) is 0.900. The van der Waals surface area contributed by atoms with Crippen molar-refractivity contribution in [3.8, 4) is 0 Å². The van der Waals surface area contributed by atoms with Gasteiger partial charge in [-0.3, -0.25) is 4.79 Å². The molecule has 6 heteroatoms. The number of hydrogen-bond acceptors (Lipinski definition) is 5. The van der Waals surface area contributed by atoms with Crippen molar-refractivity contribution in [1.82, 2.24) is 15.3 Å². The Morgan fingerprint density at radius 1 is 1.53 bits per heavy atom. The van der Waals surface area contributed by atoms with Gasteiger partial charge in [0.25, 0.3) is 0 Å². The van der Waals surface area contributed by atoms with Gasteiger partial charge in [-0.2, -0.15) is 4.98 Å². The van der Waals surface area contributed by atoms with Crippen LogP contribution in [0, 0.1) is 6.92 Å². The molecule has 1 aliphatic heterocycles. The quantitative estimate of drug-likeness (QED) is 0.780. The normalized spacial score (nSPS) is 15.6. The van der Waals surface area contributed by atoms with Crippen LogP contribution in [-0.4, -0.2) is 42.1 Å². The van der Waals surface area contributed by atoms with Gasteiger partial charge in [-0.1, -0.05) is 0 Å². The van der Waals surface area contributed by atoms with Crippen LogP contribution in [0.5, 0.6) is 0 Å². The summed E-state index contributed by atoms with van der Waals surface area (Å²) < 4.78 is 0. The van der Waals surface area contributed by atoms with Gasteiger partial charge in [0.15, 0.2) is 0 Å². The Morgan fingerprint density at radius 2 is 2.35 bits per heavy atom. The van der Waals surface area contributed by atoms with Gasteiger partial charge in [0.2, 0.25) is 11.9 Å². The summed E-state index contributed by atoms with van der Waals surface area (Å²) in [6, 6.07) is 1.90. The Hall–Kier alpha value is -1.85. The molecule has 1 aromatic rings. The van der Waals surface area contributed by atoms with Crippen LogP contribution < -0.4 is 15.5 Å². The molecule has 1 fully saturated rings. The molecule has 2 rings (SSSR count). The second kappa shape index (κ2) is 4.99. The third-order valence-corrected chi connectivity index (χ3v) is 2.54. The Bertz CT molecular complexity index is 420. The maximum atomic E-state index is 11.3. The summed E-state index contributed by atoms with van der Waals surface area (Å²) in [6.45, 7) is 6.52. The van der Waals surface area contributed by atoms with Crippen molar-refractivity contribution < 1.29 is 4.79 Å². The summed E-state index contributed by atoms with van der Waals surface area (Å²) in [4.78, 5) is 22.0. The van der Waals surface area contributed by atoms with Gasteiger partial charge in [-0.05, 0) is 13.8 Å². The summed E-state index contributed by atoms with van der Waals surface area (Å²) in [5.74, 6) is 1.47. The molecule has 1 aromatic heterocycles. The number of rotatable bonds is 3. The van der Waals surface area contributed by atoms with Gasteiger partial charge in [0.05, 0.1) is 6.54 Å². The van der Waals surface area contributed by atoms with Gasteiger partial charge in [0.1, 0.15) is 5.82 Å². The van der Waals surface area contributed by atoms with E-state index in [2.05, 4.69) is 20.6 Å². The van der Waals surface area contributed by atoms with Crippen molar-refractivity contribution >= 4 is 17.7 Å². The molecule has 0 bridgehead atoms. The fraction of sp³-hybridized carbons (Fsp3) is 0.545. The molecule has 92 valence electrons. The first-order chi connectivity index (χ1) is 8.19. The van der Waals surface area contributed by atoms with E-state index in [4.69, 9.17) is 0 Å². The number of carbonyl (C=O) groups is 1. The average molecular weight is 235 g/mol. The molecule has 1 saturated heterocycles. The number of piperazine rings is 1. The fourth-order valence-corrected chi connectivity index (χ4v) is 1.79. The maximum Gasteiger partial charge on any atom is 0.239 e.